The lowest BCUT2D eigenvalue weighted by Crippen LogP contribution is -2.18. The SMILES string of the molecule is N#Cc1ccc(C(=O)Nc2ccc(O)cc2C(=O)Nc2ncccc2Cl)cc1. The van der Waals surface area contributed by atoms with E-state index in [0.717, 1.165) is 0 Å². The van der Waals surface area contributed by atoms with E-state index >= 15 is 0 Å². The third-order valence-electron chi connectivity index (χ3n) is 3.76. The van der Waals surface area contributed by atoms with E-state index in [2.05, 4.69) is 15.6 Å². The average Bonchev–Trinajstić information content (AvgIpc) is 2.71. The van der Waals surface area contributed by atoms with Gasteiger partial charge in [-0.05, 0) is 54.6 Å². The summed E-state index contributed by atoms with van der Waals surface area (Å²) in [7, 11) is 0. The molecule has 0 bridgehead atoms. The van der Waals surface area contributed by atoms with Crippen molar-refractivity contribution in [3.8, 4) is 11.8 Å². The van der Waals surface area contributed by atoms with Crippen LogP contribution in [-0.2, 0) is 0 Å². The molecule has 7 nitrogen and oxygen atoms in total. The number of hydrogen-bond acceptors (Lipinski definition) is 5. The second-order valence-corrected chi connectivity index (χ2v) is 6.07. The first-order valence-corrected chi connectivity index (χ1v) is 8.42. The molecule has 0 saturated carbocycles. The number of halogens is 1. The van der Waals surface area contributed by atoms with Gasteiger partial charge in [0.05, 0.1) is 27.9 Å². The number of aromatic hydroxyl groups is 1. The molecule has 0 saturated heterocycles. The Morgan fingerprint density at radius 3 is 2.46 bits per heavy atom. The average molecular weight is 393 g/mol. The number of nitrogens with one attached hydrogen (secondary N) is 2. The zero-order valence-electron chi connectivity index (χ0n) is 14.3. The molecule has 0 spiro atoms. The number of carbonyl (C=O) groups excluding carboxylic acids is 2. The van der Waals surface area contributed by atoms with Crippen molar-refractivity contribution in [1.82, 2.24) is 4.98 Å². The predicted octanol–water partition coefficient (Wildman–Crippen LogP) is 3.82. The van der Waals surface area contributed by atoms with Crippen LogP contribution in [0.1, 0.15) is 26.3 Å². The number of carbonyl (C=O) groups is 2. The van der Waals surface area contributed by atoms with Crippen LogP contribution in [0.3, 0.4) is 0 Å². The Morgan fingerprint density at radius 1 is 1.04 bits per heavy atom. The minimum absolute atomic E-state index is 0.0312. The van der Waals surface area contributed by atoms with Crippen molar-refractivity contribution in [3.05, 3.63) is 82.5 Å². The van der Waals surface area contributed by atoms with Crippen molar-refractivity contribution in [2.24, 2.45) is 0 Å². The minimum Gasteiger partial charge on any atom is -0.508 e. The van der Waals surface area contributed by atoms with Crippen LogP contribution in [0.5, 0.6) is 5.75 Å². The van der Waals surface area contributed by atoms with Gasteiger partial charge in [-0.15, -0.1) is 0 Å². The number of phenolic OH excluding ortho intramolecular Hbond substituents is 1. The van der Waals surface area contributed by atoms with Crippen molar-refractivity contribution >= 4 is 34.9 Å². The van der Waals surface area contributed by atoms with Gasteiger partial charge < -0.3 is 15.7 Å². The zero-order chi connectivity index (χ0) is 20.1. The predicted molar refractivity (Wildman–Crippen MR) is 104 cm³/mol. The number of amides is 2. The van der Waals surface area contributed by atoms with Crippen LogP contribution < -0.4 is 10.6 Å². The summed E-state index contributed by atoms with van der Waals surface area (Å²) in [4.78, 5) is 29.1. The summed E-state index contributed by atoms with van der Waals surface area (Å²) in [6.45, 7) is 0. The first-order chi connectivity index (χ1) is 13.5. The molecule has 0 aliphatic carbocycles. The van der Waals surface area contributed by atoms with Crippen molar-refractivity contribution in [2.45, 2.75) is 0 Å². The summed E-state index contributed by atoms with van der Waals surface area (Å²) >= 11 is 6.00. The van der Waals surface area contributed by atoms with Gasteiger partial charge in [0.25, 0.3) is 11.8 Å². The highest BCUT2D eigenvalue weighted by Crippen LogP contribution is 2.25. The number of nitriles is 1. The normalized spacial score (nSPS) is 10.0. The fourth-order valence-corrected chi connectivity index (χ4v) is 2.54. The summed E-state index contributed by atoms with van der Waals surface area (Å²) in [6, 6.07) is 15.2. The third-order valence-corrected chi connectivity index (χ3v) is 4.07. The highest BCUT2D eigenvalue weighted by atomic mass is 35.5. The Hall–Kier alpha value is -3.89. The fraction of sp³-hybridized carbons (Fsp3) is 0. The Morgan fingerprint density at radius 2 is 1.79 bits per heavy atom. The summed E-state index contributed by atoms with van der Waals surface area (Å²) in [5.74, 6) is -1.07. The molecule has 28 heavy (non-hydrogen) atoms. The quantitative estimate of drug-likeness (QED) is 0.584. The van der Waals surface area contributed by atoms with E-state index in [-0.39, 0.29) is 27.8 Å². The molecule has 1 aromatic heterocycles. The monoisotopic (exact) mass is 392 g/mol. The van der Waals surface area contributed by atoms with E-state index in [1.807, 2.05) is 6.07 Å². The zero-order valence-corrected chi connectivity index (χ0v) is 15.1. The van der Waals surface area contributed by atoms with E-state index in [0.29, 0.717) is 11.1 Å². The van der Waals surface area contributed by atoms with E-state index in [1.165, 1.54) is 48.7 Å². The molecule has 3 N–H and O–H groups in total. The van der Waals surface area contributed by atoms with E-state index in [9.17, 15) is 14.7 Å². The summed E-state index contributed by atoms with van der Waals surface area (Å²) < 4.78 is 0. The van der Waals surface area contributed by atoms with Crippen LogP contribution in [0.15, 0.2) is 60.8 Å². The Balaban J connectivity index is 1.86. The molecule has 0 fully saturated rings. The molecule has 8 heteroatoms. The molecular weight excluding hydrogens is 380 g/mol. The van der Waals surface area contributed by atoms with Crippen molar-refractivity contribution < 1.29 is 14.7 Å². The lowest BCUT2D eigenvalue weighted by Gasteiger charge is -2.12. The first-order valence-electron chi connectivity index (χ1n) is 8.04. The smallest absolute Gasteiger partial charge is 0.259 e. The molecular formula is C20H13ClN4O3. The van der Waals surface area contributed by atoms with Crippen LogP contribution >= 0.6 is 11.6 Å². The molecule has 2 amide bonds. The summed E-state index contributed by atoms with van der Waals surface area (Å²) in [5, 5.41) is 24.0. The maximum atomic E-state index is 12.6. The molecule has 138 valence electrons. The fourth-order valence-electron chi connectivity index (χ4n) is 2.37. The van der Waals surface area contributed by atoms with Gasteiger partial charge in [0.15, 0.2) is 5.82 Å². The topological polar surface area (TPSA) is 115 Å². The largest absolute Gasteiger partial charge is 0.508 e. The van der Waals surface area contributed by atoms with Gasteiger partial charge >= 0.3 is 0 Å². The lowest BCUT2D eigenvalue weighted by atomic mass is 10.1. The first kappa shape index (κ1) is 18.9. The lowest BCUT2D eigenvalue weighted by molar-refractivity contribution is 0.102. The number of hydrogen-bond donors (Lipinski definition) is 3. The third kappa shape index (κ3) is 4.26. The van der Waals surface area contributed by atoms with Crippen LogP contribution in [0, 0.1) is 11.3 Å². The van der Waals surface area contributed by atoms with Crippen LogP contribution in [0.2, 0.25) is 5.02 Å². The maximum Gasteiger partial charge on any atom is 0.259 e. The Labute approximate surface area is 165 Å². The van der Waals surface area contributed by atoms with Crippen LogP contribution in [0.25, 0.3) is 0 Å². The standard InChI is InChI=1S/C20H13ClN4O3/c21-16-2-1-9-23-18(16)25-20(28)15-10-14(26)7-8-17(15)24-19(27)13-5-3-12(11-22)4-6-13/h1-10,26H,(H,24,27)(H,23,25,28). The Kier molecular flexibility index (Phi) is 5.53. The Bertz CT molecular complexity index is 1090. The molecule has 1 heterocycles. The summed E-state index contributed by atoms with van der Waals surface area (Å²) in [6.07, 6.45) is 1.47. The highest BCUT2D eigenvalue weighted by molar-refractivity contribution is 6.33. The molecule has 0 radical (unpaired) electrons. The van der Waals surface area contributed by atoms with Crippen molar-refractivity contribution in [1.29, 1.82) is 5.26 Å². The van der Waals surface area contributed by atoms with Gasteiger partial charge in [-0.3, -0.25) is 9.59 Å². The number of nitrogens with zero attached hydrogens (tertiary/aromatic N) is 2. The number of pyridine rings is 1. The number of phenols is 1. The second kappa shape index (κ2) is 8.20. The van der Waals surface area contributed by atoms with Gasteiger partial charge in [-0.25, -0.2) is 4.98 Å². The number of benzene rings is 2. The van der Waals surface area contributed by atoms with Crippen LogP contribution in [-0.4, -0.2) is 21.9 Å². The van der Waals surface area contributed by atoms with Crippen LogP contribution in [0.4, 0.5) is 11.5 Å². The van der Waals surface area contributed by atoms with E-state index < -0.39 is 11.8 Å². The van der Waals surface area contributed by atoms with E-state index in [4.69, 9.17) is 16.9 Å². The molecule has 0 atom stereocenters. The molecule has 3 aromatic rings. The highest BCUT2D eigenvalue weighted by Gasteiger charge is 2.17. The number of rotatable bonds is 4. The van der Waals surface area contributed by atoms with Crippen molar-refractivity contribution in [3.63, 3.8) is 0 Å². The van der Waals surface area contributed by atoms with Gasteiger partial charge in [-0.1, -0.05) is 11.6 Å². The van der Waals surface area contributed by atoms with Gasteiger partial charge in [0, 0.05) is 11.8 Å². The number of aromatic nitrogens is 1. The van der Waals surface area contributed by atoms with Gasteiger partial charge in [-0.2, -0.15) is 5.26 Å². The second-order valence-electron chi connectivity index (χ2n) is 5.66. The van der Waals surface area contributed by atoms with E-state index in [1.54, 1.807) is 12.1 Å². The molecule has 0 aliphatic rings. The van der Waals surface area contributed by atoms with Gasteiger partial charge in [0.2, 0.25) is 0 Å². The molecule has 0 aliphatic heterocycles. The minimum atomic E-state index is -0.605. The maximum absolute atomic E-state index is 12.6. The van der Waals surface area contributed by atoms with Gasteiger partial charge in [0.1, 0.15) is 5.75 Å². The molecule has 3 rings (SSSR count). The summed E-state index contributed by atoms with van der Waals surface area (Å²) in [5.41, 5.74) is 0.958. The molecule has 0 unspecified atom stereocenters. The molecule has 2 aromatic carbocycles. The number of anilines is 2. The van der Waals surface area contributed by atoms with Crippen molar-refractivity contribution in [2.75, 3.05) is 10.6 Å².